The molecule has 0 aromatic heterocycles. The van der Waals surface area contributed by atoms with E-state index in [1.807, 2.05) is 0 Å². The van der Waals surface area contributed by atoms with Gasteiger partial charge in [-0.3, -0.25) is 14.1 Å². The van der Waals surface area contributed by atoms with Crippen molar-refractivity contribution in [3.63, 3.8) is 0 Å². The van der Waals surface area contributed by atoms with Crippen molar-refractivity contribution in [2.75, 3.05) is 13.1 Å². The summed E-state index contributed by atoms with van der Waals surface area (Å²) in [5, 5.41) is 3.11. The smallest absolute Gasteiger partial charge is 0.317 e. The molecule has 0 unspecified atom stereocenters. The van der Waals surface area contributed by atoms with E-state index < -0.39 is 0 Å². The van der Waals surface area contributed by atoms with Crippen LogP contribution in [0.1, 0.15) is 13.8 Å². The van der Waals surface area contributed by atoms with E-state index >= 15 is 0 Å². The fraction of sp³-hybridized carbons (Fsp3) is 1.00. The molecular formula is C4H14BBr3F3N. The number of hydrogen-bond acceptors (Lipinski definition) is 1. The normalized spacial score (nSPS) is 5.75. The van der Waals surface area contributed by atoms with Gasteiger partial charge in [0.25, 0.3) is 0 Å². The molecular weight excluding hydrogens is 370 g/mol. The second-order valence-corrected chi connectivity index (χ2v) is 7.64. The maximum absolute atomic E-state index is 3.11. The Hall–Kier alpha value is 1.25. The van der Waals surface area contributed by atoms with Gasteiger partial charge < -0.3 is 5.32 Å². The van der Waals surface area contributed by atoms with Crippen LogP contribution in [-0.2, 0) is 0 Å². The molecule has 0 saturated heterocycles. The van der Waals surface area contributed by atoms with Crippen LogP contribution >= 0.6 is 47.3 Å². The van der Waals surface area contributed by atoms with E-state index in [1.54, 1.807) is 0 Å². The van der Waals surface area contributed by atoms with Gasteiger partial charge in [-0.25, -0.2) is 0 Å². The van der Waals surface area contributed by atoms with Gasteiger partial charge in [-0.1, -0.05) is 13.8 Å². The van der Waals surface area contributed by atoms with Crippen molar-refractivity contribution in [2.24, 2.45) is 0 Å². The average molecular weight is 384 g/mol. The van der Waals surface area contributed by atoms with Gasteiger partial charge in [0, 0.05) is 0 Å². The fourth-order valence-corrected chi connectivity index (χ4v) is 0.250. The van der Waals surface area contributed by atoms with Crippen molar-refractivity contribution in [1.29, 1.82) is 0 Å². The molecule has 1 N–H and O–H groups in total. The molecule has 0 spiro atoms. The standard InChI is InChI=1S/C4H11N.BBr3.3FH/c1-3-5-4-2;2-1(3)4;;;/h5H,3-4H2,1-2H3;;3*1H. The molecule has 0 heterocycles. The lowest BCUT2D eigenvalue weighted by Gasteiger charge is -1.86. The second kappa shape index (κ2) is 29.5. The molecule has 0 aromatic carbocycles. The zero-order valence-corrected chi connectivity index (χ0v) is 11.6. The summed E-state index contributed by atoms with van der Waals surface area (Å²) < 4.78 is 0.271. The van der Waals surface area contributed by atoms with E-state index in [0.29, 0.717) is 0 Å². The minimum absolute atomic E-state index is 0. The Bertz CT molecular complexity index is 49.8. The summed E-state index contributed by atoms with van der Waals surface area (Å²) in [6, 6.07) is 0. The first-order valence-corrected chi connectivity index (χ1v) is 5.52. The Morgan fingerprint density at radius 2 is 1.08 bits per heavy atom. The molecule has 0 saturated carbocycles. The zero-order valence-electron chi connectivity index (χ0n) is 6.85. The highest BCUT2D eigenvalue weighted by Crippen LogP contribution is 2.07. The zero-order chi connectivity index (χ0) is 7.70. The Morgan fingerprint density at radius 1 is 0.917 bits per heavy atom. The first kappa shape index (κ1) is 29.2. The van der Waals surface area contributed by atoms with Crippen LogP contribution in [0, 0.1) is 0 Å². The fourth-order valence-electron chi connectivity index (χ4n) is 0.250. The lowest BCUT2D eigenvalue weighted by Crippen LogP contribution is -2.09. The molecule has 12 heavy (non-hydrogen) atoms. The van der Waals surface area contributed by atoms with Crippen LogP contribution < -0.4 is 5.32 Å². The van der Waals surface area contributed by atoms with Gasteiger partial charge in [-0.05, 0) is 13.1 Å². The van der Waals surface area contributed by atoms with Crippen molar-refractivity contribution in [2.45, 2.75) is 13.8 Å². The molecule has 0 atom stereocenters. The summed E-state index contributed by atoms with van der Waals surface area (Å²) >= 11 is 9.31. The summed E-state index contributed by atoms with van der Waals surface area (Å²) in [7, 11) is 0. The molecule has 0 aliphatic carbocycles. The molecule has 0 bridgehead atoms. The van der Waals surface area contributed by atoms with Crippen LogP contribution in [0.25, 0.3) is 0 Å². The summed E-state index contributed by atoms with van der Waals surface area (Å²) in [6.45, 7) is 6.39. The Labute approximate surface area is 96.5 Å². The lowest BCUT2D eigenvalue weighted by atomic mass is 10.7. The van der Waals surface area contributed by atoms with Crippen LogP contribution in [0.2, 0.25) is 0 Å². The summed E-state index contributed by atoms with van der Waals surface area (Å²) in [5.41, 5.74) is 0. The summed E-state index contributed by atoms with van der Waals surface area (Å²) in [4.78, 5) is 0. The number of hydrogen-bond donors (Lipinski definition) is 1. The van der Waals surface area contributed by atoms with Crippen LogP contribution in [0.3, 0.4) is 0 Å². The van der Waals surface area contributed by atoms with Crippen molar-refractivity contribution in [3.8, 4) is 0 Å². The highest BCUT2D eigenvalue weighted by atomic mass is 79.9. The Kier molecular flexibility index (Phi) is 71.8. The monoisotopic (exact) mass is 381 g/mol. The Morgan fingerprint density at radius 3 is 1.08 bits per heavy atom. The third-order valence-corrected chi connectivity index (χ3v) is 0.500. The molecule has 0 aliphatic rings. The number of nitrogens with one attached hydrogen (secondary N) is 1. The predicted molar refractivity (Wildman–Crippen MR) is 64.3 cm³/mol. The molecule has 0 fully saturated rings. The second-order valence-electron chi connectivity index (χ2n) is 1.20. The number of rotatable bonds is 2. The molecule has 8 heteroatoms. The minimum Gasteiger partial charge on any atom is -0.317 e. The van der Waals surface area contributed by atoms with Crippen LogP contribution in [0.5, 0.6) is 0 Å². The molecule has 0 rings (SSSR count). The maximum Gasteiger partial charge on any atom is 0.369 e. The first-order valence-electron chi connectivity index (χ1n) is 2.78. The van der Waals surface area contributed by atoms with Gasteiger partial charge in [0.2, 0.25) is 0 Å². The molecule has 0 radical (unpaired) electrons. The van der Waals surface area contributed by atoms with Crippen molar-refractivity contribution in [1.82, 2.24) is 5.32 Å². The van der Waals surface area contributed by atoms with E-state index in [0.717, 1.165) is 13.1 Å². The highest BCUT2D eigenvalue weighted by Gasteiger charge is 1.87. The van der Waals surface area contributed by atoms with Gasteiger partial charge in [0.05, 0.1) is 0 Å². The lowest BCUT2D eigenvalue weighted by molar-refractivity contribution is 0.762. The van der Waals surface area contributed by atoms with Crippen LogP contribution in [0.15, 0.2) is 0 Å². The molecule has 80 valence electrons. The maximum atomic E-state index is 3.11. The predicted octanol–water partition coefficient (Wildman–Crippen LogP) is 3.23. The number of halogens is 6. The molecule has 0 amide bonds. The molecule has 0 aromatic rings. The van der Waals surface area contributed by atoms with E-state index in [2.05, 4.69) is 66.4 Å². The quantitative estimate of drug-likeness (QED) is 0.722. The van der Waals surface area contributed by atoms with E-state index in [-0.39, 0.29) is 17.3 Å². The first-order chi connectivity index (χ1) is 4.15. The van der Waals surface area contributed by atoms with E-state index in [9.17, 15) is 0 Å². The van der Waals surface area contributed by atoms with Crippen molar-refractivity contribution < 1.29 is 14.1 Å². The molecule has 0 aliphatic heterocycles. The van der Waals surface area contributed by atoms with Crippen molar-refractivity contribution in [3.05, 3.63) is 0 Å². The van der Waals surface area contributed by atoms with Gasteiger partial charge in [0.15, 0.2) is 0 Å². The topological polar surface area (TPSA) is 12.0 Å². The van der Waals surface area contributed by atoms with Crippen LogP contribution in [0.4, 0.5) is 14.1 Å². The SMILES string of the molecule is BrB(Br)Br.CCNCC.F.F.F. The highest BCUT2D eigenvalue weighted by molar-refractivity contribution is 9.69. The Balaban J connectivity index is -0.0000000221. The van der Waals surface area contributed by atoms with Gasteiger partial charge in [0.1, 0.15) is 0 Å². The summed E-state index contributed by atoms with van der Waals surface area (Å²) in [6.07, 6.45) is 0. The third kappa shape index (κ3) is 112. The van der Waals surface area contributed by atoms with E-state index in [1.165, 1.54) is 0 Å². The average Bonchev–Trinajstić information content (AvgIpc) is 1.66. The molecule has 1 nitrogen and oxygen atoms in total. The minimum atomic E-state index is 0. The summed E-state index contributed by atoms with van der Waals surface area (Å²) in [5.74, 6) is 0. The van der Waals surface area contributed by atoms with Gasteiger partial charge >= 0.3 is 3.18 Å². The largest absolute Gasteiger partial charge is 0.369 e. The van der Waals surface area contributed by atoms with Crippen molar-refractivity contribution >= 4 is 50.5 Å². The van der Waals surface area contributed by atoms with Gasteiger partial charge in [-0.2, -0.15) is 0 Å². The third-order valence-electron chi connectivity index (χ3n) is 0.500. The van der Waals surface area contributed by atoms with Gasteiger partial charge in [-0.15, -0.1) is 47.3 Å². The van der Waals surface area contributed by atoms with Crippen LogP contribution in [-0.4, -0.2) is 16.3 Å². The van der Waals surface area contributed by atoms with E-state index in [4.69, 9.17) is 0 Å².